The molecule has 3 nitrogen and oxygen atoms in total. The van der Waals surface area contributed by atoms with Crippen molar-refractivity contribution < 1.29 is 0 Å². The Hall–Kier alpha value is -0.930. The number of nitrogens with one attached hydrogen (secondary N) is 1. The highest BCUT2D eigenvalue weighted by atomic mass is 15.1. The maximum absolute atomic E-state index is 4.38. The number of rotatable bonds is 6. The third kappa shape index (κ3) is 3.79. The lowest BCUT2D eigenvalue weighted by atomic mass is 10.2. The minimum absolute atomic E-state index is 0.734. The van der Waals surface area contributed by atoms with Crippen LogP contribution in [0.3, 0.4) is 0 Å². The van der Waals surface area contributed by atoms with Crippen LogP contribution in [0.15, 0.2) is 24.4 Å². The van der Waals surface area contributed by atoms with Gasteiger partial charge >= 0.3 is 0 Å². The van der Waals surface area contributed by atoms with Crippen molar-refractivity contribution in [1.82, 2.24) is 15.2 Å². The van der Waals surface area contributed by atoms with Gasteiger partial charge < -0.3 is 10.2 Å². The predicted molar refractivity (Wildman–Crippen MR) is 75.7 cm³/mol. The third-order valence-corrected chi connectivity index (χ3v) is 3.97. The zero-order valence-electron chi connectivity index (χ0n) is 11.6. The second-order valence-corrected chi connectivity index (χ2v) is 5.27. The normalized spacial score (nSPS) is 23.7. The van der Waals surface area contributed by atoms with Gasteiger partial charge in [0.1, 0.15) is 0 Å². The Morgan fingerprint density at radius 3 is 3.00 bits per heavy atom. The molecule has 1 aromatic heterocycles. The first-order valence-corrected chi connectivity index (χ1v) is 7.13. The topological polar surface area (TPSA) is 28.2 Å². The van der Waals surface area contributed by atoms with Gasteiger partial charge in [0.25, 0.3) is 0 Å². The van der Waals surface area contributed by atoms with E-state index in [1.807, 2.05) is 12.3 Å². The second-order valence-electron chi connectivity index (χ2n) is 5.27. The van der Waals surface area contributed by atoms with Gasteiger partial charge in [0.05, 0.1) is 0 Å². The molecule has 0 aromatic carbocycles. The van der Waals surface area contributed by atoms with E-state index in [1.165, 1.54) is 25.0 Å². The van der Waals surface area contributed by atoms with Crippen molar-refractivity contribution in [3.63, 3.8) is 0 Å². The van der Waals surface area contributed by atoms with Gasteiger partial charge in [0.2, 0.25) is 0 Å². The average Bonchev–Trinajstić information content (AvgIpc) is 2.86. The van der Waals surface area contributed by atoms with Crippen LogP contribution in [-0.2, 0) is 6.42 Å². The fourth-order valence-electron chi connectivity index (χ4n) is 2.85. The highest BCUT2D eigenvalue weighted by Gasteiger charge is 2.26. The zero-order valence-corrected chi connectivity index (χ0v) is 11.6. The highest BCUT2D eigenvalue weighted by Crippen LogP contribution is 2.23. The van der Waals surface area contributed by atoms with E-state index in [1.54, 1.807) is 0 Å². The van der Waals surface area contributed by atoms with Crippen molar-refractivity contribution in [1.29, 1.82) is 0 Å². The number of hydrogen-bond acceptors (Lipinski definition) is 3. The van der Waals surface area contributed by atoms with Gasteiger partial charge in [0.15, 0.2) is 0 Å². The summed E-state index contributed by atoms with van der Waals surface area (Å²) in [4.78, 5) is 6.89. The summed E-state index contributed by atoms with van der Waals surface area (Å²) < 4.78 is 0. The van der Waals surface area contributed by atoms with Crippen LogP contribution in [0.1, 0.15) is 31.9 Å². The largest absolute Gasteiger partial charge is 0.314 e. The highest BCUT2D eigenvalue weighted by molar-refractivity contribution is 5.03. The monoisotopic (exact) mass is 247 g/mol. The number of nitrogens with zero attached hydrogens (tertiary/aromatic N) is 2. The molecule has 100 valence electrons. The van der Waals surface area contributed by atoms with Crippen LogP contribution < -0.4 is 5.32 Å². The molecule has 1 aliphatic carbocycles. The Labute approximate surface area is 111 Å². The Morgan fingerprint density at radius 1 is 1.39 bits per heavy atom. The molecule has 1 aliphatic rings. The first kappa shape index (κ1) is 13.5. The van der Waals surface area contributed by atoms with Crippen molar-refractivity contribution in [2.75, 3.05) is 20.1 Å². The van der Waals surface area contributed by atoms with Crippen molar-refractivity contribution in [2.24, 2.45) is 0 Å². The van der Waals surface area contributed by atoms with Gasteiger partial charge in [-0.2, -0.15) is 0 Å². The molecule has 0 aliphatic heterocycles. The maximum atomic E-state index is 4.38. The fraction of sp³-hybridized carbons (Fsp3) is 0.667. The van der Waals surface area contributed by atoms with Crippen molar-refractivity contribution in [3.05, 3.63) is 30.1 Å². The molecule has 2 unspecified atom stereocenters. The molecule has 1 saturated carbocycles. The lowest BCUT2D eigenvalue weighted by molar-refractivity contribution is 0.244. The molecule has 1 aromatic rings. The van der Waals surface area contributed by atoms with Gasteiger partial charge in [-0.25, -0.2) is 0 Å². The molecule has 18 heavy (non-hydrogen) atoms. The molecular weight excluding hydrogens is 222 g/mol. The summed E-state index contributed by atoms with van der Waals surface area (Å²) in [5.41, 5.74) is 1.20. The van der Waals surface area contributed by atoms with E-state index in [0.29, 0.717) is 0 Å². The first-order chi connectivity index (χ1) is 8.79. The van der Waals surface area contributed by atoms with Gasteiger partial charge in [-0.05, 0) is 45.0 Å². The second kappa shape index (κ2) is 6.86. The van der Waals surface area contributed by atoms with E-state index in [4.69, 9.17) is 0 Å². The fourth-order valence-corrected chi connectivity index (χ4v) is 2.85. The lowest BCUT2D eigenvalue weighted by Gasteiger charge is -2.24. The molecule has 0 radical (unpaired) electrons. The van der Waals surface area contributed by atoms with E-state index in [0.717, 1.165) is 31.6 Å². The van der Waals surface area contributed by atoms with E-state index < -0.39 is 0 Å². The molecule has 0 spiro atoms. The third-order valence-electron chi connectivity index (χ3n) is 3.97. The Morgan fingerprint density at radius 2 is 2.28 bits per heavy atom. The molecule has 0 amide bonds. The lowest BCUT2D eigenvalue weighted by Crippen LogP contribution is -2.34. The SMILES string of the molecule is CCNC1CCC(N(C)CCc2ccccn2)C1. The molecule has 1 fully saturated rings. The molecule has 1 N–H and O–H groups in total. The molecule has 2 rings (SSSR count). The zero-order chi connectivity index (χ0) is 12.8. The van der Waals surface area contributed by atoms with Gasteiger partial charge in [0, 0.05) is 36.9 Å². The molecule has 1 heterocycles. The van der Waals surface area contributed by atoms with Crippen LogP contribution in [0.2, 0.25) is 0 Å². The van der Waals surface area contributed by atoms with Gasteiger partial charge in [-0.1, -0.05) is 13.0 Å². The predicted octanol–water partition coefficient (Wildman–Crippen LogP) is 2.09. The van der Waals surface area contributed by atoms with Gasteiger partial charge in [-0.3, -0.25) is 4.98 Å². The van der Waals surface area contributed by atoms with Crippen molar-refractivity contribution in [2.45, 2.75) is 44.7 Å². The quantitative estimate of drug-likeness (QED) is 0.834. The molecule has 0 bridgehead atoms. The maximum Gasteiger partial charge on any atom is 0.0416 e. The summed E-state index contributed by atoms with van der Waals surface area (Å²) in [7, 11) is 2.25. The summed E-state index contributed by atoms with van der Waals surface area (Å²) in [5.74, 6) is 0. The Kier molecular flexibility index (Phi) is 5.14. The van der Waals surface area contributed by atoms with E-state index in [2.05, 4.69) is 41.3 Å². The summed E-state index contributed by atoms with van der Waals surface area (Å²) in [6, 6.07) is 7.64. The smallest absolute Gasteiger partial charge is 0.0416 e. The van der Waals surface area contributed by atoms with Crippen LogP contribution in [0.25, 0.3) is 0 Å². The molecular formula is C15H25N3. The van der Waals surface area contributed by atoms with Crippen molar-refractivity contribution >= 4 is 0 Å². The van der Waals surface area contributed by atoms with Crippen LogP contribution >= 0.6 is 0 Å². The van der Waals surface area contributed by atoms with Crippen LogP contribution in [0.5, 0.6) is 0 Å². The molecule has 2 atom stereocenters. The van der Waals surface area contributed by atoms with Gasteiger partial charge in [-0.15, -0.1) is 0 Å². The number of pyridine rings is 1. The van der Waals surface area contributed by atoms with Crippen molar-refractivity contribution in [3.8, 4) is 0 Å². The van der Waals surface area contributed by atoms with E-state index in [9.17, 15) is 0 Å². The number of aromatic nitrogens is 1. The van der Waals surface area contributed by atoms with Crippen LogP contribution in [-0.4, -0.2) is 42.1 Å². The summed E-state index contributed by atoms with van der Waals surface area (Å²) in [6.45, 7) is 4.40. The average molecular weight is 247 g/mol. The Bertz CT molecular complexity index is 339. The number of likely N-dealkylation sites (N-methyl/N-ethyl adjacent to an activating group) is 1. The van der Waals surface area contributed by atoms with Crippen LogP contribution in [0, 0.1) is 0 Å². The van der Waals surface area contributed by atoms with Crippen LogP contribution in [0.4, 0.5) is 0 Å². The standard InChI is InChI=1S/C15H25N3/c1-3-16-14-7-8-15(12-14)18(2)11-9-13-6-4-5-10-17-13/h4-6,10,14-16H,3,7-9,11-12H2,1-2H3. The minimum atomic E-state index is 0.734. The van der Waals surface area contributed by atoms with E-state index >= 15 is 0 Å². The molecule has 3 heteroatoms. The molecule has 0 saturated heterocycles. The summed E-state index contributed by atoms with van der Waals surface area (Å²) in [6.07, 6.45) is 6.89. The number of hydrogen-bond donors (Lipinski definition) is 1. The minimum Gasteiger partial charge on any atom is -0.314 e. The summed E-state index contributed by atoms with van der Waals surface area (Å²) >= 11 is 0. The Balaban J connectivity index is 1.74. The first-order valence-electron chi connectivity index (χ1n) is 7.13. The summed E-state index contributed by atoms with van der Waals surface area (Å²) in [5, 5.41) is 3.56. The van der Waals surface area contributed by atoms with E-state index in [-0.39, 0.29) is 0 Å².